The van der Waals surface area contributed by atoms with Crippen molar-refractivity contribution in [2.75, 3.05) is 0 Å². The zero-order chi connectivity index (χ0) is 14.7. The summed E-state index contributed by atoms with van der Waals surface area (Å²) < 4.78 is 5.09. The fourth-order valence-corrected chi connectivity index (χ4v) is 1.68. The standard InChI is InChI=1S/C13H9ClN2O4/c1-8-2-4-10(7-15-8)20-13(17)9-3-5-11(14)12(6-9)16(18)19/h2-7H,1H3/p+1. The van der Waals surface area contributed by atoms with E-state index in [1.807, 2.05) is 6.92 Å². The van der Waals surface area contributed by atoms with Gasteiger partial charge in [0.15, 0.2) is 11.4 Å². The predicted octanol–water partition coefficient (Wildman–Crippen LogP) is 2.59. The molecule has 0 fully saturated rings. The maximum absolute atomic E-state index is 11.9. The highest BCUT2D eigenvalue weighted by Gasteiger charge is 2.18. The van der Waals surface area contributed by atoms with E-state index in [2.05, 4.69) is 4.98 Å². The number of aryl methyl sites for hydroxylation is 1. The van der Waals surface area contributed by atoms with Crippen molar-refractivity contribution in [3.05, 3.63) is 62.9 Å². The quantitative estimate of drug-likeness (QED) is 0.494. The number of benzene rings is 1. The number of rotatable bonds is 3. The fourth-order valence-electron chi connectivity index (χ4n) is 1.50. The zero-order valence-electron chi connectivity index (χ0n) is 10.4. The summed E-state index contributed by atoms with van der Waals surface area (Å²) in [6.07, 6.45) is 1.53. The average Bonchev–Trinajstić information content (AvgIpc) is 2.41. The van der Waals surface area contributed by atoms with Crippen LogP contribution in [-0.2, 0) is 0 Å². The van der Waals surface area contributed by atoms with Crippen LogP contribution in [0.5, 0.6) is 5.75 Å². The molecule has 2 rings (SSSR count). The Kier molecular flexibility index (Phi) is 3.95. The van der Waals surface area contributed by atoms with Crippen molar-refractivity contribution >= 4 is 23.3 Å². The molecule has 20 heavy (non-hydrogen) atoms. The number of aromatic nitrogens is 1. The lowest BCUT2D eigenvalue weighted by atomic mass is 10.2. The smallest absolute Gasteiger partial charge is 0.344 e. The Hall–Kier alpha value is -2.47. The van der Waals surface area contributed by atoms with Crippen molar-refractivity contribution in [3.8, 4) is 5.75 Å². The van der Waals surface area contributed by atoms with E-state index in [0.29, 0.717) is 5.75 Å². The van der Waals surface area contributed by atoms with Gasteiger partial charge in [-0.15, -0.1) is 0 Å². The molecule has 0 amide bonds. The Morgan fingerprint density at radius 1 is 1.35 bits per heavy atom. The van der Waals surface area contributed by atoms with Gasteiger partial charge in [-0.1, -0.05) is 11.6 Å². The molecule has 0 aliphatic heterocycles. The van der Waals surface area contributed by atoms with Crippen molar-refractivity contribution in [1.82, 2.24) is 0 Å². The molecule has 0 spiro atoms. The Morgan fingerprint density at radius 3 is 2.70 bits per heavy atom. The minimum absolute atomic E-state index is 0.0322. The van der Waals surface area contributed by atoms with Gasteiger partial charge in [-0.05, 0) is 18.2 Å². The number of nitro benzene ring substituents is 1. The lowest BCUT2D eigenvalue weighted by Gasteiger charge is -2.03. The molecule has 1 aromatic carbocycles. The van der Waals surface area contributed by atoms with E-state index in [9.17, 15) is 14.9 Å². The molecule has 102 valence electrons. The normalized spacial score (nSPS) is 10.1. The van der Waals surface area contributed by atoms with E-state index < -0.39 is 10.9 Å². The van der Waals surface area contributed by atoms with Gasteiger partial charge < -0.3 is 4.74 Å². The van der Waals surface area contributed by atoms with Gasteiger partial charge in [0.05, 0.1) is 10.5 Å². The summed E-state index contributed by atoms with van der Waals surface area (Å²) in [5.41, 5.74) is 0.630. The second-order valence-corrected chi connectivity index (χ2v) is 4.43. The molecule has 0 saturated carbocycles. The first kappa shape index (κ1) is 14.0. The highest BCUT2D eigenvalue weighted by atomic mass is 35.5. The molecule has 1 N–H and O–H groups in total. The van der Waals surface area contributed by atoms with Crippen molar-refractivity contribution in [2.24, 2.45) is 0 Å². The molecule has 7 heteroatoms. The number of hydrogen-bond donors (Lipinski definition) is 0. The summed E-state index contributed by atoms with van der Waals surface area (Å²) in [6, 6.07) is 7.11. The Bertz CT molecular complexity index is 671. The van der Waals surface area contributed by atoms with Crippen LogP contribution in [-0.4, -0.2) is 10.9 Å². The first-order chi connectivity index (χ1) is 9.47. The Labute approximate surface area is 119 Å². The number of carbonyl (C=O) groups is 1. The van der Waals surface area contributed by atoms with Gasteiger partial charge in [0.2, 0.25) is 6.20 Å². The van der Waals surface area contributed by atoms with Crippen molar-refractivity contribution in [3.63, 3.8) is 0 Å². The third-order valence-corrected chi connectivity index (χ3v) is 2.85. The molecule has 1 heterocycles. The first-order valence-corrected chi connectivity index (χ1v) is 5.99. The van der Waals surface area contributed by atoms with Gasteiger partial charge in [-0.25, -0.2) is 9.78 Å². The fraction of sp³-hybridized carbons (Fsp3) is 0.0769. The summed E-state index contributed by atoms with van der Waals surface area (Å²) in [5.74, 6) is -0.375. The van der Waals surface area contributed by atoms with Crippen LogP contribution in [0.15, 0.2) is 36.5 Å². The largest absolute Gasteiger partial charge is 0.417 e. The molecule has 6 nitrogen and oxygen atoms in total. The average molecular weight is 294 g/mol. The number of halogens is 1. The predicted molar refractivity (Wildman–Crippen MR) is 70.8 cm³/mol. The maximum Gasteiger partial charge on any atom is 0.344 e. The van der Waals surface area contributed by atoms with Gasteiger partial charge in [0.25, 0.3) is 5.69 Å². The second kappa shape index (κ2) is 5.66. The Balaban J connectivity index is 2.23. The highest BCUT2D eigenvalue weighted by molar-refractivity contribution is 6.32. The van der Waals surface area contributed by atoms with E-state index in [1.54, 1.807) is 12.1 Å². The number of aromatic amines is 1. The summed E-state index contributed by atoms with van der Waals surface area (Å²) in [4.78, 5) is 24.9. The van der Waals surface area contributed by atoms with Crippen molar-refractivity contribution in [1.29, 1.82) is 0 Å². The molecule has 0 saturated heterocycles. The lowest BCUT2D eigenvalue weighted by molar-refractivity contribution is -0.388. The minimum atomic E-state index is -0.693. The number of pyridine rings is 1. The molecule has 1 aromatic heterocycles. The van der Waals surface area contributed by atoms with Crippen LogP contribution in [0, 0.1) is 17.0 Å². The SMILES string of the molecule is Cc1ccc(OC(=O)c2ccc(Cl)c([N+](=O)[O-])c2)c[nH+]1. The molecular formula is C13H10ClN2O4+. The minimum Gasteiger partial charge on any atom is -0.417 e. The molecule has 2 aromatic rings. The van der Waals surface area contributed by atoms with Crippen molar-refractivity contribution in [2.45, 2.75) is 6.92 Å². The number of H-pyrrole nitrogens is 1. The number of nitro groups is 1. The molecular weight excluding hydrogens is 284 g/mol. The zero-order valence-corrected chi connectivity index (χ0v) is 11.2. The van der Waals surface area contributed by atoms with Crippen LogP contribution in [0.2, 0.25) is 5.02 Å². The van der Waals surface area contributed by atoms with Gasteiger partial charge in [0.1, 0.15) is 5.02 Å². The third-order valence-electron chi connectivity index (χ3n) is 2.53. The van der Waals surface area contributed by atoms with Crippen LogP contribution in [0.3, 0.4) is 0 Å². The van der Waals surface area contributed by atoms with Crippen LogP contribution in [0.1, 0.15) is 16.1 Å². The molecule has 0 unspecified atom stereocenters. The van der Waals surface area contributed by atoms with Crippen LogP contribution in [0.4, 0.5) is 5.69 Å². The topological polar surface area (TPSA) is 83.6 Å². The highest BCUT2D eigenvalue weighted by Crippen LogP contribution is 2.25. The van der Waals surface area contributed by atoms with E-state index in [4.69, 9.17) is 16.3 Å². The van der Waals surface area contributed by atoms with E-state index in [0.717, 1.165) is 11.8 Å². The molecule has 0 aliphatic carbocycles. The van der Waals surface area contributed by atoms with Crippen LogP contribution < -0.4 is 9.72 Å². The van der Waals surface area contributed by atoms with Gasteiger partial charge in [-0.2, -0.15) is 0 Å². The molecule has 0 radical (unpaired) electrons. The number of carbonyl (C=O) groups excluding carboxylic acids is 1. The summed E-state index contributed by atoms with van der Waals surface area (Å²) >= 11 is 5.67. The summed E-state index contributed by atoms with van der Waals surface area (Å²) in [5, 5.41) is 10.7. The Morgan fingerprint density at radius 2 is 2.10 bits per heavy atom. The van der Waals surface area contributed by atoms with E-state index >= 15 is 0 Å². The van der Waals surface area contributed by atoms with Crippen LogP contribution in [0.25, 0.3) is 0 Å². The third kappa shape index (κ3) is 3.10. The maximum atomic E-state index is 11.9. The molecule has 0 aliphatic rings. The lowest BCUT2D eigenvalue weighted by Crippen LogP contribution is -2.12. The number of ether oxygens (including phenoxy) is 1. The summed E-state index contributed by atoms with van der Waals surface area (Å²) in [7, 11) is 0. The number of nitrogens with one attached hydrogen (secondary N) is 1. The molecule has 0 bridgehead atoms. The van der Waals surface area contributed by atoms with E-state index in [1.165, 1.54) is 18.3 Å². The number of hydrogen-bond acceptors (Lipinski definition) is 4. The van der Waals surface area contributed by atoms with Gasteiger partial charge in [0, 0.05) is 19.1 Å². The number of nitrogens with zero attached hydrogens (tertiary/aromatic N) is 1. The van der Waals surface area contributed by atoms with Crippen molar-refractivity contribution < 1.29 is 19.4 Å². The number of esters is 1. The monoisotopic (exact) mass is 293 g/mol. The van der Waals surface area contributed by atoms with Gasteiger partial charge >= 0.3 is 5.97 Å². The second-order valence-electron chi connectivity index (χ2n) is 4.02. The summed E-state index contributed by atoms with van der Waals surface area (Å²) in [6.45, 7) is 1.86. The van der Waals surface area contributed by atoms with E-state index in [-0.39, 0.29) is 16.3 Å². The van der Waals surface area contributed by atoms with Crippen LogP contribution >= 0.6 is 11.6 Å². The van der Waals surface area contributed by atoms with Gasteiger partial charge in [-0.3, -0.25) is 10.1 Å². The first-order valence-electron chi connectivity index (χ1n) is 5.62. The molecule has 0 atom stereocenters.